The monoisotopic (exact) mass is 365 g/mol. The molecule has 0 radical (unpaired) electrons. The van der Waals surface area contributed by atoms with Crippen molar-refractivity contribution in [1.29, 1.82) is 0 Å². The Kier molecular flexibility index (Phi) is 6.73. The standard InChI is InChI=1S/C14H14F3N3O3.ClH/c1-20(6-5-12(21)22)8-11-18-13(19-23-11)9-3-2-4-10(7-9)14(15,16)17;/h2-4,7H,5-6,8H2,1H3,(H,21,22);1H. The quantitative estimate of drug-likeness (QED) is 0.847. The third kappa shape index (κ3) is 5.50. The number of carbonyl (C=O) groups is 1. The second kappa shape index (κ2) is 8.11. The lowest BCUT2D eigenvalue weighted by atomic mass is 10.1. The summed E-state index contributed by atoms with van der Waals surface area (Å²) in [7, 11) is 1.68. The molecule has 0 amide bonds. The third-order valence-electron chi connectivity index (χ3n) is 3.03. The average Bonchev–Trinajstić information content (AvgIpc) is 2.93. The summed E-state index contributed by atoms with van der Waals surface area (Å²) in [5.41, 5.74) is -0.594. The number of halogens is 4. The van der Waals surface area contributed by atoms with Crippen LogP contribution in [0.1, 0.15) is 17.9 Å². The molecule has 2 rings (SSSR count). The van der Waals surface area contributed by atoms with Gasteiger partial charge in [0.1, 0.15) is 0 Å². The lowest BCUT2D eigenvalue weighted by Crippen LogP contribution is -2.21. The number of nitrogens with zero attached hydrogens (tertiary/aromatic N) is 3. The van der Waals surface area contributed by atoms with Crippen molar-refractivity contribution in [2.45, 2.75) is 19.1 Å². The molecule has 0 aliphatic carbocycles. The highest BCUT2D eigenvalue weighted by Gasteiger charge is 2.30. The fraction of sp³-hybridized carbons (Fsp3) is 0.357. The molecule has 0 aliphatic rings. The smallest absolute Gasteiger partial charge is 0.416 e. The van der Waals surface area contributed by atoms with Gasteiger partial charge in [0, 0.05) is 12.1 Å². The van der Waals surface area contributed by atoms with E-state index in [2.05, 4.69) is 10.1 Å². The van der Waals surface area contributed by atoms with E-state index in [1.165, 1.54) is 12.1 Å². The number of alkyl halides is 3. The van der Waals surface area contributed by atoms with Crippen LogP contribution in [0.25, 0.3) is 11.4 Å². The van der Waals surface area contributed by atoms with Crippen molar-refractivity contribution in [1.82, 2.24) is 15.0 Å². The van der Waals surface area contributed by atoms with Gasteiger partial charge in [-0.05, 0) is 19.2 Å². The van der Waals surface area contributed by atoms with Gasteiger partial charge in [-0.25, -0.2) is 0 Å². The number of rotatable bonds is 6. The molecule has 0 aliphatic heterocycles. The van der Waals surface area contributed by atoms with Crippen molar-refractivity contribution < 1.29 is 27.6 Å². The molecule has 1 aromatic heterocycles. The summed E-state index contributed by atoms with van der Waals surface area (Å²) < 4.78 is 43.1. The van der Waals surface area contributed by atoms with E-state index >= 15 is 0 Å². The molecule has 0 spiro atoms. The summed E-state index contributed by atoms with van der Waals surface area (Å²) in [6, 6.07) is 4.64. The number of hydrogen-bond acceptors (Lipinski definition) is 5. The number of aromatic nitrogens is 2. The third-order valence-corrected chi connectivity index (χ3v) is 3.03. The molecule has 1 aromatic carbocycles. The molecule has 0 atom stereocenters. The van der Waals surface area contributed by atoms with Gasteiger partial charge in [-0.1, -0.05) is 17.3 Å². The molecule has 2 aromatic rings. The van der Waals surface area contributed by atoms with Crippen LogP contribution in [0, 0.1) is 0 Å². The number of aliphatic carboxylic acids is 1. The van der Waals surface area contributed by atoms with E-state index in [1.807, 2.05) is 0 Å². The average molecular weight is 366 g/mol. The van der Waals surface area contributed by atoms with Crippen LogP contribution >= 0.6 is 12.4 Å². The van der Waals surface area contributed by atoms with Crippen molar-refractivity contribution in [3.8, 4) is 11.4 Å². The van der Waals surface area contributed by atoms with E-state index in [0.717, 1.165) is 12.1 Å². The molecule has 1 heterocycles. The van der Waals surface area contributed by atoms with E-state index in [-0.39, 0.29) is 49.2 Å². The Morgan fingerprint density at radius 3 is 2.71 bits per heavy atom. The summed E-state index contributed by atoms with van der Waals surface area (Å²) in [4.78, 5) is 16.2. The minimum Gasteiger partial charge on any atom is -0.481 e. The Hall–Kier alpha value is -2.13. The van der Waals surface area contributed by atoms with E-state index in [0.29, 0.717) is 0 Å². The van der Waals surface area contributed by atoms with Crippen molar-refractivity contribution >= 4 is 18.4 Å². The number of benzene rings is 1. The highest BCUT2D eigenvalue weighted by Crippen LogP contribution is 2.31. The van der Waals surface area contributed by atoms with Crippen LogP contribution in [0.2, 0.25) is 0 Å². The molecule has 0 saturated carbocycles. The maximum absolute atomic E-state index is 12.7. The lowest BCUT2D eigenvalue weighted by molar-refractivity contribution is -0.138. The van der Waals surface area contributed by atoms with Crippen LogP contribution in [0.5, 0.6) is 0 Å². The van der Waals surface area contributed by atoms with Crippen LogP contribution in [-0.2, 0) is 17.5 Å². The van der Waals surface area contributed by atoms with Crippen LogP contribution in [0.4, 0.5) is 13.2 Å². The first-order valence-corrected chi connectivity index (χ1v) is 6.66. The van der Waals surface area contributed by atoms with Crippen LogP contribution in [-0.4, -0.2) is 39.7 Å². The first-order valence-electron chi connectivity index (χ1n) is 6.66. The first kappa shape index (κ1) is 19.9. The Bertz CT molecular complexity index is 691. The topological polar surface area (TPSA) is 79.5 Å². The Labute approximate surface area is 141 Å². The predicted molar refractivity (Wildman–Crippen MR) is 80.6 cm³/mol. The van der Waals surface area contributed by atoms with Gasteiger partial charge in [0.15, 0.2) is 0 Å². The molecule has 1 N–H and O–H groups in total. The maximum Gasteiger partial charge on any atom is 0.416 e. The van der Waals surface area contributed by atoms with E-state index in [1.54, 1.807) is 11.9 Å². The van der Waals surface area contributed by atoms with Gasteiger partial charge in [0.05, 0.1) is 18.5 Å². The zero-order chi connectivity index (χ0) is 17.0. The number of carboxylic acid groups (broad SMARTS) is 1. The second-order valence-corrected chi connectivity index (χ2v) is 4.97. The summed E-state index contributed by atoms with van der Waals surface area (Å²) in [6.07, 6.45) is -4.48. The molecular weight excluding hydrogens is 351 g/mol. The molecule has 6 nitrogen and oxygen atoms in total. The van der Waals surface area contributed by atoms with Gasteiger partial charge >= 0.3 is 12.1 Å². The zero-order valence-electron chi connectivity index (χ0n) is 12.6. The van der Waals surface area contributed by atoms with Gasteiger partial charge in [-0.2, -0.15) is 18.2 Å². The van der Waals surface area contributed by atoms with Gasteiger partial charge in [0.25, 0.3) is 0 Å². The predicted octanol–water partition coefficient (Wildman–Crippen LogP) is 3.08. The van der Waals surface area contributed by atoms with Crippen LogP contribution < -0.4 is 0 Å². The molecule has 0 bridgehead atoms. The molecule has 132 valence electrons. The summed E-state index contributed by atoms with van der Waals surface area (Å²) in [6.45, 7) is 0.496. The Balaban J connectivity index is 0.00000288. The maximum atomic E-state index is 12.7. The lowest BCUT2D eigenvalue weighted by Gasteiger charge is -2.11. The highest BCUT2D eigenvalue weighted by molar-refractivity contribution is 5.85. The van der Waals surface area contributed by atoms with Crippen LogP contribution in [0.3, 0.4) is 0 Å². The fourth-order valence-corrected chi connectivity index (χ4v) is 1.87. The Morgan fingerprint density at radius 2 is 2.08 bits per heavy atom. The molecular formula is C14H15ClF3N3O3. The summed E-state index contributed by atoms with van der Waals surface area (Å²) in [5.74, 6) is -0.671. The van der Waals surface area contributed by atoms with Crippen molar-refractivity contribution in [3.63, 3.8) is 0 Å². The van der Waals surface area contributed by atoms with Crippen molar-refractivity contribution in [3.05, 3.63) is 35.7 Å². The van der Waals surface area contributed by atoms with Crippen LogP contribution in [0.15, 0.2) is 28.8 Å². The Morgan fingerprint density at radius 1 is 1.38 bits per heavy atom. The van der Waals surface area contributed by atoms with Gasteiger partial charge < -0.3 is 9.63 Å². The molecule has 0 fully saturated rings. The molecule has 0 unspecified atom stereocenters. The normalized spacial score (nSPS) is 11.4. The summed E-state index contributed by atoms with van der Waals surface area (Å²) >= 11 is 0. The van der Waals surface area contributed by atoms with E-state index in [9.17, 15) is 18.0 Å². The van der Waals surface area contributed by atoms with E-state index < -0.39 is 17.7 Å². The van der Waals surface area contributed by atoms with Crippen molar-refractivity contribution in [2.75, 3.05) is 13.6 Å². The zero-order valence-corrected chi connectivity index (χ0v) is 13.4. The SMILES string of the molecule is CN(CCC(=O)O)Cc1nc(-c2cccc(C(F)(F)F)c2)no1.Cl. The number of carboxylic acids is 1. The largest absolute Gasteiger partial charge is 0.481 e. The first-order chi connectivity index (χ1) is 10.8. The second-order valence-electron chi connectivity index (χ2n) is 4.97. The minimum atomic E-state index is -4.44. The highest BCUT2D eigenvalue weighted by atomic mass is 35.5. The fourth-order valence-electron chi connectivity index (χ4n) is 1.87. The minimum absolute atomic E-state index is 0. The van der Waals surface area contributed by atoms with Gasteiger partial charge in [-0.15, -0.1) is 12.4 Å². The number of hydrogen-bond donors (Lipinski definition) is 1. The van der Waals surface area contributed by atoms with Crippen molar-refractivity contribution in [2.24, 2.45) is 0 Å². The van der Waals surface area contributed by atoms with E-state index in [4.69, 9.17) is 9.63 Å². The molecule has 10 heteroatoms. The summed E-state index contributed by atoms with van der Waals surface area (Å²) in [5, 5.41) is 12.3. The molecule has 0 saturated heterocycles. The molecule has 24 heavy (non-hydrogen) atoms. The van der Waals surface area contributed by atoms with Gasteiger partial charge in [-0.3, -0.25) is 9.69 Å². The van der Waals surface area contributed by atoms with Gasteiger partial charge in [0.2, 0.25) is 11.7 Å².